The molecule has 0 N–H and O–H groups in total. The molecule has 4 nitrogen and oxygen atoms in total. The van der Waals surface area contributed by atoms with Gasteiger partial charge < -0.3 is 0 Å². The Bertz CT molecular complexity index is 795. The number of Topliss-reactive ketones (excluding diaryl/α,β-unsaturated/α-hetero) is 1. The highest BCUT2D eigenvalue weighted by Crippen LogP contribution is 2.48. The minimum atomic E-state index is -4.51. The summed E-state index contributed by atoms with van der Waals surface area (Å²) in [6, 6.07) is 2.57. The summed E-state index contributed by atoms with van der Waals surface area (Å²) in [5.74, 6) is 0.201. The SMILES string of the molecule is O=C1CC(C2CC2)N(S(=O)(=O)c2ccc(C(F)(F)F)cc2)C1C1CC1. The summed E-state index contributed by atoms with van der Waals surface area (Å²) in [5.41, 5.74) is -0.888. The maximum absolute atomic E-state index is 13.1. The van der Waals surface area contributed by atoms with E-state index in [1.807, 2.05) is 0 Å². The van der Waals surface area contributed by atoms with Gasteiger partial charge in [0.1, 0.15) is 0 Å². The highest BCUT2D eigenvalue weighted by molar-refractivity contribution is 7.89. The number of hydrogen-bond acceptors (Lipinski definition) is 3. The van der Waals surface area contributed by atoms with Gasteiger partial charge in [-0.2, -0.15) is 17.5 Å². The molecular formula is C17H18F3NO3S. The van der Waals surface area contributed by atoms with Crippen LogP contribution >= 0.6 is 0 Å². The lowest BCUT2D eigenvalue weighted by Crippen LogP contribution is -2.44. The molecule has 2 saturated carbocycles. The van der Waals surface area contributed by atoms with Crippen LogP contribution < -0.4 is 0 Å². The van der Waals surface area contributed by atoms with E-state index in [4.69, 9.17) is 0 Å². The van der Waals surface area contributed by atoms with Crippen LogP contribution in [0, 0.1) is 11.8 Å². The van der Waals surface area contributed by atoms with Crippen molar-refractivity contribution in [3.05, 3.63) is 29.8 Å². The van der Waals surface area contributed by atoms with E-state index in [2.05, 4.69) is 0 Å². The Morgan fingerprint density at radius 3 is 2.00 bits per heavy atom. The molecule has 0 bridgehead atoms. The molecule has 1 aromatic carbocycles. The standard InChI is InChI=1S/C17H18F3NO3S/c18-17(19,20)12-5-7-13(8-6-12)25(23,24)21-14(10-1-2-10)9-15(22)16(21)11-3-4-11/h5-8,10-11,14,16H,1-4,9H2. The number of alkyl halides is 3. The van der Waals surface area contributed by atoms with Crippen molar-refractivity contribution in [1.29, 1.82) is 0 Å². The monoisotopic (exact) mass is 373 g/mol. The second-order valence-electron chi connectivity index (χ2n) is 7.21. The number of carbonyl (C=O) groups is 1. The third kappa shape index (κ3) is 2.99. The number of rotatable bonds is 4. The van der Waals surface area contributed by atoms with Crippen LogP contribution in [0.1, 0.15) is 37.7 Å². The normalized spacial score (nSPS) is 28.5. The van der Waals surface area contributed by atoms with E-state index in [1.165, 1.54) is 4.31 Å². The average Bonchev–Trinajstić information content (AvgIpc) is 3.44. The van der Waals surface area contributed by atoms with Gasteiger partial charge in [0.15, 0.2) is 5.78 Å². The number of ketones is 1. The third-order valence-corrected chi connectivity index (χ3v) is 7.25. The van der Waals surface area contributed by atoms with E-state index in [0.29, 0.717) is 0 Å². The molecule has 3 fully saturated rings. The van der Waals surface area contributed by atoms with Crippen LogP contribution in [-0.2, 0) is 21.0 Å². The van der Waals surface area contributed by atoms with Gasteiger partial charge in [-0.15, -0.1) is 0 Å². The summed E-state index contributed by atoms with van der Waals surface area (Å²) >= 11 is 0. The van der Waals surface area contributed by atoms with Gasteiger partial charge in [-0.3, -0.25) is 4.79 Å². The van der Waals surface area contributed by atoms with Crippen molar-refractivity contribution in [2.75, 3.05) is 0 Å². The molecule has 0 spiro atoms. The van der Waals surface area contributed by atoms with Crippen molar-refractivity contribution in [3.8, 4) is 0 Å². The minimum Gasteiger partial charge on any atom is -0.298 e. The number of carbonyl (C=O) groups excluding carboxylic acids is 1. The quantitative estimate of drug-likeness (QED) is 0.814. The van der Waals surface area contributed by atoms with Crippen LogP contribution in [0.5, 0.6) is 0 Å². The Hall–Kier alpha value is -1.41. The summed E-state index contributed by atoms with van der Waals surface area (Å²) in [7, 11) is -4.00. The Labute approximate surface area is 144 Å². The molecule has 0 aromatic heterocycles. The van der Waals surface area contributed by atoms with Crippen LogP contribution in [-0.4, -0.2) is 30.6 Å². The van der Waals surface area contributed by atoms with E-state index in [9.17, 15) is 26.4 Å². The zero-order valence-corrected chi connectivity index (χ0v) is 14.2. The maximum Gasteiger partial charge on any atom is 0.416 e. The van der Waals surface area contributed by atoms with Crippen molar-refractivity contribution in [2.24, 2.45) is 11.8 Å². The summed E-state index contributed by atoms with van der Waals surface area (Å²) in [6.45, 7) is 0. The molecule has 25 heavy (non-hydrogen) atoms. The van der Waals surface area contributed by atoms with E-state index in [0.717, 1.165) is 49.9 Å². The minimum absolute atomic E-state index is 0.0464. The Kier molecular flexibility index (Phi) is 3.77. The van der Waals surface area contributed by atoms with E-state index < -0.39 is 27.8 Å². The molecule has 8 heteroatoms. The zero-order valence-electron chi connectivity index (χ0n) is 13.4. The number of halogens is 3. The Balaban J connectivity index is 1.70. The molecule has 2 aliphatic carbocycles. The van der Waals surface area contributed by atoms with Gasteiger partial charge >= 0.3 is 6.18 Å². The fourth-order valence-corrected chi connectivity index (χ4v) is 5.68. The molecule has 2 unspecified atom stereocenters. The molecule has 1 aliphatic heterocycles. The summed E-state index contributed by atoms with van der Waals surface area (Å²) in [6.07, 6.45) is -0.840. The lowest BCUT2D eigenvalue weighted by atomic mass is 10.1. The smallest absolute Gasteiger partial charge is 0.298 e. The van der Waals surface area contributed by atoms with Crippen LogP contribution in [0.3, 0.4) is 0 Å². The van der Waals surface area contributed by atoms with Gasteiger partial charge in [0.2, 0.25) is 10.0 Å². The van der Waals surface area contributed by atoms with Crippen molar-refractivity contribution in [2.45, 2.75) is 55.3 Å². The summed E-state index contributed by atoms with van der Waals surface area (Å²) in [5, 5.41) is 0. The van der Waals surface area contributed by atoms with Crippen LogP contribution in [0.2, 0.25) is 0 Å². The lowest BCUT2D eigenvalue weighted by molar-refractivity contribution is -0.137. The lowest BCUT2D eigenvalue weighted by Gasteiger charge is -2.28. The first-order valence-corrected chi connectivity index (χ1v) is 9.87. The summed E-state index contributed by atoms with van der Waals surface area (Å²) < 4.78 is 65.7. The Morgan fingerprint density at radius 2 is 1.52 bits per heavy atom. The van der Waals surface area contributed by atoms with Gasteiger partial charge in [-0.1, -0.05) is 0 Å². The van der Waals surface area contributed by atoms with Gasteiger partial charge in [0, 0.05) is 12.5 Å². The second kappa shape index (κ2) is 5.54. The number of benzene rings is 1. The van der Waals surface area contributed by atoms with Gasteiger partial charge in [-0.25, -0.2) is 8.42 Å². The molecule has 2 atom stereocenters. The molecular weight excluding hydrogens is 355 g/mol. The predicted molar refractivity (Wildman–Crippen MR) is 83.1 cm³/mol. The van der Waals surface area contributed by atoms with Crippen LogP contribution in [0.4, 0.5) is 13.2 Å². The molecule has 1 heterocycles. The Morgan fingerprint density at radius 1 is 0.960 bits per heavy atom. The second-order valence-corrected chi connectivity index (χ2v) is 9.06. The van der Waals surface area contributed by atoms with Gasteiger partial charge in [-0.05, 0) is 61.8 Å². The highest BCUT2D eigenvalue weighted by Gasteiger charge is 2.56. The van der Waals surface area contributed by atoms with E-state index in [-0.39, 0.29) is 35.0 Å². The van der Waals surface area contributed by atoms with E-state index >= 15 is 0 Å². The molecule has 3 aliphatic rings. The van der Waals surface area contributed by atoms with Crippen molar-refractivity contribution >= 4 is 15.8 Å². The molecule has 0 amide bonds. The first-order valence-electron chi connectivity index (χ1n) is 8.43. The van der Waals surface area contributed by atoms with Gasteiger partial charge in [0.25, 0.3) is 0 Å². The third-order valence-electron chi connectivity index (χ3n) is 5.33. The fraction of sp³-hybridized carbons (Fsp3) is 0.588. The molecule has 0 radical (unpaired) electrons. The number of sulfonamides is 1. The molecule has 4 rings (SSSR count). The van der Waals surface area contributed by atoms with E-state index in [1.54, 1.807) is 0 Å². The maximum atomic E-state index is 13.1. The van der Waals surface area contributed by atoms with Crippen molar-refractivity contribution in [1.82, 2.24) is 4.31 Å². The fourth-order valence-electron chi connectivity index (χ4n) is 3.77. The average molecular weight is 373 g/mol. The highest BCUT2D eigenvalue weighted by atomic mass is 32.2. The zero-order chi connectivity index (χ0) is 18.0. The molecule has 1 aromatic rings. The number of hydrogen-bond donors (Lipinski definition) is 0. The summed E-state index contributed by atoms with van der Waals surface area (Å²) in [4.78, 5) is 12.2. The number of nitrogens with zero attached hydrogens (tertiary/aromatic N) is 1. The predicted octanol–water partition coefficient (Wildman–Crippen LogP) is 3.23. The topological polar surface area (TPSA) is 54.5 Å². The largest absolute Gasteiger partial charge is 0.416 e. The molecule has 136 valence electrons. The first kappa shape index (κ1) is 17.0. The van der Waals surface area contributed by atoms with Gasteiger partial charge in [0.05, 0.1) is 16.5 Å². The van der Waals surface area contributed by atoms with Crippen molar-refractivity contribution < 1.29 is 26.4 Å². The first-order chi connectivity index (χ1) is 11.7. The molecule has 1 saturated heterocycles. The van der Waals surface area contributed by atoms with Crippen LogP contribution in [0.15, 0.2) is 29.2 Å². The van der Waals surface area contributed by atoms with Crippen LogP contribution in [0.25, 0.3) is 0 Å². The van der Waals surface area contributed by atoms with Crippen molar-refractivity contribution in [3.63, 3.8) is 0 Å².